The average Bonchev–Trinajstić information content (AvgIpc) is 2.37. The van der Waals surface area contributed by atoms with E-state index in [0.29, 0.717) is 41.3 Å². The predicted octanol–water partition coefficient (Wildman–Crippen LogP) is 1.25. The van der Waals surface area contributed by atoms with Gasteiger partial charge in [0.2, 0.25) is 10.0 Å². The monoisotopic (exact) mass is 301 g/mol. The largest absolute Gasteiger partial charge is 0.385 e. The molecule has 0 fully saturated rings. The summed E-state index contributed by atoms with van der Waals surface area (Å²) in [6.07, 6.45) is 0.659. The van der Waals surface area contributed by atoms with Crippen LogP contribution in [0.4, 0.5) is 5.69 Å². The van der Waals surface area contributed by atoms with Crippen LogP contribution in [0.3, 0.4) is 0 Å². The van der Waals surface area contributed by atoms with Gasteiger partial charge in [0, 0.05) is 33.0 Å². The van der Waals surface area contributed by atoms with Gasteiger partial charge in [-0.15, -0.1) is 0 Å². The smallest absolute Gasteiger partial charge is 0.243 e. The number of hydrogen-bond acceptors (Lipinski definition) is 5. The number of nitrogens with zero attached hydrogens (tertiary/aromatic N) is 1. The summed E-state index contributed by atoms with van der Waals surface area (Å²) >= 11 is 0. The van der Waals surface area contributed by atoms with Crippen LogP contribution in [0, 0.1) is 13.8 Å². The third-order valence-corrected chi connectivity index (χ3v) is 5.28. The number of nitrogens with one attached hydrogen (secondary N) is 1. The van der Waals surface area contributed by atoms with Crippen LogP contribution in [0.25, 0.3) is 0 Å². The van der Waals surface area contributed by atoms with Gasteiger partial charge in [-0.05, 0) is 43.5 Å². The fourth-order valence-corrected chi connectivity index (χ4v) is 3.76. The number of ether oxygens (including phenoxy) is 1. The fraction of sp³-hybridized carbons (Fsp3) is 0.538. The van der Waals surface area contributed by atoms with Crippen molar-refractivity contribution in [3.63, 3.8) is 0 Å². The molecule has 0 saturated heterocycles. The highest BCUT2D eigenvalue weighted by Crippen LogP contribution is 2.26. The van der Waals surface area contributed by atoms with Crippen LogP contribution in [0.15, 0.2) is 17.0 Å². The Labute approximate surface area is 120 Å². The second kappa shape index (κ2) is 7.03. The number of nitrogen functional groups attached to an aromatic ring is 1. The summed E-state index contributed by atoms with van der Waals surface area (Å²) in [5.74, 6) is 5.36. The van der Waals surface area contributed by atoms with E-state index in [0.717, 1.165) is 0 Å². The number of nitrogens with two attached hydrogens (primary N) is 1. The van der Waals surface area contributed by atoms with Crippen molar-refractivity contribution >= 4 is 15.7 Å². The molecular formula is C13H23N3O3S. The number of sulfonamides is 1. The summed E-state index contributed by atoms with van der Waals surface area (Å²) < 4.78 is 31.5. The molecular weight excluding hydrogens is 278 g/mol. The summed E-state index contributed by atoms with van der Waals surface area (Å²) in [7, 11) is -0.316. The molecule has 0 bridgehead atoms. The molecule has 0 aliphatic heterocycles. The number of anilines is 1. The maximum Gasteiger partial charge on any atom is 0.243 e. The molecule has 0 atom stereocenters. The molecule has 114 valence electrons. The Morgan fingerprint density at radius 1 is 1.30 bits per heavy atom. The Morgan fingerprint density at radius 3 is 2.30 bits per heavy atom. The molecule has 1 aromatic rings. The van der Waals surface area contributed by atoms with Crippen molar-refractivity contribution in [2.45, 2.75) is 25.2 Å². The SMILES string of the molecule is COCCCN(C)S(=O)(=O)c1c(C)cc(NN)cc1C. The van der Waals surface area contributed by atoms with E-state index >= 15 is 0 Å². The molecule has 0 spiro atoms. The Bertz CT molecular complexity index is 535. The fourth-order valence-electron chi connectivity index (χ4n) is 2.15. The van der Waals surface area contributed by atoms with E-state index in [2.05, 4.69) is 5.43 Å². The van der Waals surface area contributed by atoms with Gasteiger partial charge in [-0.3, -0.25) is 5.84 Å². The molecule has 0 unspecified atom stereocenters. The van der Waals surface area contributed by atoms with Gasteiger partial charge in [0.25, 0.3) is 0 Å². The lowest BCUT2D eigenvalue weighted by atomic mass is 10.1. The summed E-state index contributed by atoms with van der Waals surface area (Å²) in [6, 6.07) is 3.45. The van der Waals surface area contributed by atoms with Gasteiger partial charge in [0.15, 0.2) is 0 Å². The van der Waals surface area contributed by atoms with Gasteiger partial charge in [-0.2, -0.15) is 0 Å². The molecule has 3 N–H and O–H groups in total. The molecule has 0 saturated carbocycles. The van der Waals surface area contributed by atoms with Gasteiger partial charge < -0.3 is 10.2 Å². The third kappa shape index (κ3) is 3.69. The normalized spacial score (nSPS) is 11.9. The Kier molecular flexibility index (Phi) is 5.94. The number of hydrazine groups is 1. The average molecular weight is 301 g/mol. The zero-order valence-electron chi connectivity index (χ0n) is 12.4. The molecule has 0 heterocycles. The van der Waals surface area contributed by atoms with E-state index < -0.39 is 10.0 Å². The van der Waals surface area contributed by atoms with Crippen LogP contribution >= 0.6 is 0 Å². The number of hydrogen-bond donors (Lipinski definition) is 2. The molecule has 0 radical (unpaired) electrons. The van der Waals surface area contributed by atoms with Crippen molar-refractivity contribution in [1.29, 1.82) is 0 Å². The van der Waals surface area contributed by atoms with Gasteiger partial charge in [-0.1, -0.05) is 0 Å². The maximum absolute atomic E-state index is 12.6. The minimum atomic E-state index is -3.50. The van der Waals surface area contributed by atoms with Crippen LogP contribution in [-0.2, 0) is 14.8 Å². The van der Waals surface area contributed by atoms with Gasteiger partial charge in [0.05, 0.1) is 4.90 Å². The molecule has 0 amide bonds. The van der Waals surface area contributed by atoms with E-state index in [1.807, 2.05) is 0 Å². The molecule has 0 aliphatic carbocycles. The van der Waals surface area contributed by atoms with Crippen LogP contribution < -0.4 is 11.3 Å². The van der Waals surface area contributed by atoms with Crippen molar-refractivity contribution in [1.82, 2.24) is 4.31 Å². The molecule has 20 heavy (non-hydrogen) atoms. The first kappa shape index (κ1) is 16.9. The number of methoxy groups -OCH3 is 1. The minimum absolute atomic E-state index is 0.344. The highest BCUT2D eigenvalue weighted by atomic mass is 32.2. The molecule has 6 nitrogen and oxygen atoms in total. The van der Waals surface area contributed by atoms with Gasteiger partial charge in [0.1, 0.15) is 0 Å². The van der Waals surface area contributed by atoms with Crippen molar-refractivity contribution in [2.75, 3.05) is 32.7 Å². The summed E-state index contributed by atoms with van der Waals surface area (Å²) in [5.41, 5.74) is 4.58. The number of aryl methyl sites for hydroxylation is 2. The van der Waals surface area contributed by atoms with E-state index in [9.17, 15) is 8.42 Å². The third-order valence-electron chi connectivity index (χ3n) is 3.12. The van der Waals surface area contributed by atoms with Crippen LogP contribution in [0.5, 0.6) is 0 Å². The first-order valence-electron chi connectivity index (χ1n) is 6.37. The number of rotatable bonds is 7. The van der Waals surface area contributed by atoms with Crippen molar-refractivity contribution in [3.05, 3.63) is 23.3 Å². The van der Waals surface area contributed by atoms with Crippen LogP contribution in [0.1, 0.15) is 17.5 Å². The quantitative estimate of drug-likeness (QED) is 0.450. The first-order chi connectivity index (χ1) is 9.34. The summed E-state index contributed by atoms with van der Waals surface area (Å²) in [6.45, 7) is 4.49. The lowest BCUT2D eigenvalue weighted by Crippen LogP contribution is -2.29. The lowest BCUT2D eigenvalue weighted by molar-refractivity contribution is 0.189. The maximum atomic E-state index is 12.6. The zero-order chi connectivity index (χ0) is 15.3. The standard InChI is InChI=1S/C13H23N3O3S/c1-10-8-12(15-14)9-11(2)13(10)20(17,18)16(3)6-5-7-19-4/h8-9,15H,5-7,14H2,1-4H3. The van der Waals surface area contributed by atoms with Gasteiger partial charge >= 0.3 is 0 Å². The van der Waals surface area contributed by atoms with Crippen LogP contribution in [0.2, 0.25) is 0 Å². The molecule has 7 heteroatoms. The van der Waals surface area contributed by atoms with E-state index in [1.54, 1.807) is 40.1 Å². The van der Waals surface area contributed by atoms with E-state index in [-0.39, 0.29) is 0 Å². The zero-order valence-corrected chi connectivity index (χ0v) is 13.3. The van der Waals surface area contributed by atoms with Gasteiger partial charge in [-0.25, -0.2) is 12.7 Å². The van der Waals surface area contributed by atoms with E-state index in [1.165, 1.54) is 4.31 Å². The topological polar surface area (TPSA) is 84.7 Å². The summed E-state index contributed by atoms with van der Waals surface area (Å²) in [4.78, 5) is 0.344. The Balaban J connectivity index is 3.09. The van der Waals surface area contributed by atoms with Crippen molar-refractivity contribution < 1.29 is 13.2 Å². The highest BCUT2D eigenvalue weighted by molar-refractivity contribution is 7.89. The predicted molar refractivity (Wildman–Crippen MR) is 80.0 cm³/mol. The Morgan fingerprint density at radius 2 is 1.85 bits per heavy atom. The van der Waals surface area contributed by atoms with Crippen LogP contribution in [-0.4, -0.2) is 40.0 Å². The molecule has 0 aromatic heterocycles. The molecule has 0 aliphatic rings. The minimum Gasteiger partial charge on any atom is -0.385 e. The molecule has 1 aromatic carbocycles. The second-order valence-corrected chi connectivity index (χ2v) is 6.74. The lowest BCUT2D eigenvalue weighted by Gasteiger charge is -2.20. The first-order valence-corrected chi connectivity index (χ1v) is 7.81. The number of benzene rings is 1. The highest BCUT2D eigenvalue weighted by Gasteiger charge is 2.24. The van der Waals surface area contributed by atoms with E-state index in [4.69, 9.17) is 10.6 Å². The van der Waals surface area contributed by atoms with Crippen molar-refractivity contribution in [2.24, 2.45) is 5.84 Å². The Hall–Kier alpha value is -1.15. The summed E-state index contributed by atoms with van der Waals surface area (Å²) in [5, 5.41) is 0. The van der Waals surface area contributed by atoms with Crippen molar-refractivity contribution in [3.8, 4) is 0 Å². The molecule has 1 rings (SSSR count). The second-order valence-electron chi connectivity index (χ2n) is 4.76.